The first-order valence-electron chi connectivity index (χ1n) is 11.6. The molecular weight excluding hydrogens is 348 g/mol. The molecule has 8 atom stereocenters. The standard InChI is InChI=1S/C24H36N2O2/c1-23-9-7-16(27)13-15(23)3-4-17-18-5-6-20(24(18,2)10-8-19(17)23)21(28)14-22-25-11-12-26-22/h11-12,15-20,27H,3-10,13-14H2,1-2H3,(H,25,26)/t15-,16-,17+,18+,19+,20-,23+,24+/m1/s1. The Bertz CT molecular complexity index is 731. The number of Topliss-reactive ketones (excluding diaryl/α,β-unsaturated/α-hetero) is 1. The summed E-state index contributed by atoms with van der Waals surface area (Å²) in [6.07, 6.45) is 14.6. The quantitative estimate of drug-likeness (QED) is 0.804. The Hall–Kier alpha value is -1.16. The molecule has 0 radical (unpaired) electrons. The number of nitrogens with one attached hydrogen (secondary N) is 1. The van der Waals surface area contributed by atoms with Gasteiger partial charge in [0, 0.05) is 18.3 Å². The number of carbonyl (C=O) groups excluding carboxylic acids is 1. The summed E-state index contributed by atoms with van der Waals surface area (Å²) < 4.78 is 0. The predicted molar refractivity (Wildman–Crippen MR) is 109 cm³/mol. The maximum absolute atomic E-state index is 13.2. The van der Waals surface area contributed by atoms with Crippen molar-refractivity contribution < 1.29 is 9.90 Å². The fourth-order valence-electron chi connectivity index (χ4n) is 8.45. The number of aromatic amines is 1. The maximum atomic E-state index is 13.2. The van der Waals surface area contributed by atoms with E-state index in [1.54, 1.807) is 6.20 Å². The van der Waals surface area contributed by atoms with Crippen molar-refractivity contribution in [1.29, 1.82) is 0 Å². The smallest absolute Gasteiger partial charge is 0.144 e. The summed E-state index contributed by atoms with van der Waals surface area (Å²) in [7, 11) is 0. The van der Waals surface area contributed by atoms with Crippen molar-refractivity contribution in [2.75, 3.05) is 0 Å². The number of hydrogen-bond acceptors (Lipinski definition) is 3. The van der Waals surface area contributed by atoms with Crippen molar-refractivity contribution in [1.82, 2.24) is 9.97 Å². The highest BCUT2D eigenvalue weighted by Gasteiger charge is 2.61. The lowest BCUT2D eigenvalue weighted by atomic mass is 9.44. The van der Waals surface area contributed by atoms with Crippen LogP contribution in [0, 0.1) is 40.4 Å². The van der Waals surface area contributed by atoms with E-state index in [4.69, 9.17) is 0 Å². The second-order valence-corrected chi connectivity index (χ2v) is 10.9. The van der Waals surface area contributed by atoms with Gasteiger partial charge in [-0.3, -0.25) is 4.79 Å². The van der Waals surface area contributed by atoms with Gasteiger partial charge < -0.3 is 10.1 Å². The van der Waals surface area contributed by atoms with Gasteiger partial charge in [-0.25, -0.2) is 4.98 Å². The molecule has 0 unspecified atom stereocenters. The molecule has 1 aromatic rings. The lowest BCUT2D eigenvalue weighted by molar-refractivity contribution is -0.139. The number of aliphatic hydroxyl groups is 1. The number of aromatic nitrogens is 2. The predicted octanol–water partition coefficient (Wildman–Crippen LogP) is 4.54. The summed E-state index contributed by atoms with van der Waals surface area (Å²) >= 11 is 0. The third-order valence-corrected chi connectivity index (χ3v) is 9.92. The molecule has 28 heavy (non-hydrogen) atoms. The van der Waals surface area contributed by atoms with Gasteiger partial charge in [-0.15, -0.1) is 0 Å². The highest BCUT2D eigenvalue weighted by atomic mass is 16.3. The van der Waals surface area contributed by atoms with Crippen LogP contribution in [0.4, 0.5) is 0 Å². The molecule has 0 aliphatic heterocycles. The third kappa shape index (κ3) is 2.74. The molecule has 1 heterocycles. The topological polar surface area (TPSA) is 66.0 Å². The Kier molecular flexibility index (Phi) is 4.50. The van der Waals surface area contributed by atoms with E-state index in [2.05, 4.69) is 23.8 Å². The number of H-pyrrole nitrogens is 1. The number of ketones is 1. The zero-order chi connectivity index (χ0) is 19.5. The Morgan fingerprint density at radius 3 is 2.68 bits per heavy atom. The van der Waals surface area contributed by atoms with Crippen LogP contribution in [0.3, 0.4) is 0 Å². The molecule has 4 fully saturated rings. The molecule has 4 aliphatic rings. The van der Waals surface area contributed by atoms with Gasteiger partial charge >= 0.3 is 0 Å². The summed E-state index contributed by atoms with van der Waals surface area (Å²) in [5.41, 5.74) is 0.599. The van der Waals surface area contributed by atoms with E-state index in [0.717, 1.165) is 36.9 Å². The number of hydrogen-bond donors (Lipinski definition) is 2. The molecule has 5 rings (SSSR count). The Morgan fingerprint density at radius 1 is 1.11 bits per heavy atom. The summed E-state index contributed by atoms with van der Waals surface area (Å²) in [5, 5.41) is 10.2. The minimum absolute atomic E-state index is 0.0708. The lowest BCUT2D eigenvalue weighted by Gasteiger charge is -2.60. The van der Waals surface area contributed by atoms with Gasteiger partial charge in [-0.1, -0.05) is 13.8 Å². The van der Waals surface area contributed by atoms with Crippen LogP contribution in [0.2, 0.25) is 0 Å². The number of rotatable bonds is 3. The van der Waals surface area contributed by atoms with E-state index in [9.17, 15) is 9.90 Å². The van der Waals surface area contributed by atoms with Crippen LogP contribution in [0.15, 0.2) is 12.4 Å². The van der Waals surface area contributed by atoms with E-state index < -0.39 is 0 Å². The summed E-state index contributed by atoms with van der Waals surface area (Å²) in [4.78, 5) is 20.6. The molecule has 1 aromatic heterocycles. The van der Waals surface area contributed by atoms with Crippen molar-refractivity contribution in [3.63, 3.8) is 0 Å². The van der Waals surface area contributed by atoms with Crippen LogP contribution in [-0.4, -0.2) is 27.0 Å². The minimum Gasteiger partial charge on any atom is -0.393 e. The molecule has 2 N–H and O–H groups in total. The SMILES string of the molecule is C[C@]12CC[C@@H](O)C[C@H]1CC[C@@H]1[C@@H]2CC[C@]2(C)[C@@H](C(=O)Cc3ncc[nH]3)CC[C@@H]12. The fourth-order valence-corrected chi connectivity index (χ4v) is 8.45. The number of nitrogens with zero attached hydrogens (tertiary/aromatic N) is 1. The van der Waals surface area contributed by atoms with E-state index in [-0.39, 0.29) is 17.4 Å². The van der Waals surface area contributed by atoms with E-state index in [1.807, 2.05) is 6.20 Å². The lowest BCUT2D eigenvalue weighted by Crippen LogP contribution is -2.54. The van der Waals surface area contributed by atoms with Gasteiger partial charge in [-0.05, 0) is 92.3 Å². The van der Waals surface area contributed by atoms with Crippen LogP contribution < -0.4 is 0 Å². The van der Waals surface area contributed by atoms with Gasteiger partial charge in [0.15, 0.2) is 0 Å². The largest absolute Gasteiger partial charge is 0.393 e. The maximum Gasteiger partial charge on any atom is 0.144 e. The fraction of sp³-hybridized carbons (Fsp3) is 0.833. The first-order valence-corrected chi connectivity index (χ1v) is 11.6. The van der Waals surface area contributed by atoms with Gasteiger partial charge in [0.2, 0.25) is 0 Å². The second-order valence-electron chi connectivity index (χ2n) is 10.9. The van der Waals surface area contributed by atoms with Crippen molar-refractivity contribution in [2.45, 2.75) is 84.2 Å². The molecule has 0 spiro atoms. The highest BCUT2D eigenvalue weighted by molar-refractivity contribution is 5.83. The number of carbonyl (C=O) groups is 1. The van der Waals surface area contributed by atoms with Crippen LogP contribution in [0.5, 0.6) is 0 Å². The molecule has 4 aliphatic carbocycles. The zero-order valence-electron chi connectivity index (χ0n) is 17.5. The average Bonchev–Trinajstić information content (AvgIpc) is 3.29. The third-order valence-electron chi connectivity index (χ3n) is 9.92. The van der Waals surface area contributed by atoms with Crippen LogP contribution >= 0.6 is 0 Å². The zero-order valence-corrected chi connectivity index (χ0v) is 17.5. The summed E-state index contributed by atoms with van der Waals surface area (Å²) in [6, 6.07) is 0. The van der Waals surface area contributed by atoms with Crippen molar-refractivity contribution in [2.24, 2.45) is 40.4 Å². The summed E-state index contributed by atoms with van der Waals surface area (Å²) in [5.74, 6) is 4.44. The normalized spacial score (nSPS) is 47.8. The molecule has 0 amide bonds. The Balaban J connectivity index is 1.36. The Labute approximate surface area is 168 Å². The van der Waals surface area contributed by atoms with Crippen molar-refractivity contribution in [3.05, 3.63) is 18.2 Å². The van der Waals surface area contributed by atoms with Crippen molar-refractivity contribution >= 4 is 5.78 Å². The van der Waals surface area contributed by atoms with Gasteiger partial charge in [-0.2, -0.15) is 0 Å². The minimum atomic E-state index is -0.0708. The second kappa shape index (κ2) is 6.68. The number of fused-ring (bicyclic) bond motifs is 5. The molecule has 4 saturated carbocycles. The van der Waals surface area contributed by atoms with E-state index in [1.165, 1.54) is 38.5 Å². The Morgan fingerprint density at radius 2 is 1.89 bits per heavy atom. The van der Waals surface area contributed by atoms with Crippen LogP contribution in [-0.2, 0) is 11.2 Å². The number of imidazole rings is 1. The first-order chi connectivity index (χ1) is 13.4. The first kappa shape index (κ1) is 18.8. The monoisotopic (exact) mass is 384 g/mol. The molecule has 0 saturated heterocycles. The summed E-state index contributed by atoms with van der Waals surface area (Å²) in [6.45, 7) is 4.97. The average molecular weight is 385 g/mol. The van der Waals surface area contributed by atoms with Gasteiger partial charge in [0.1, 0.15) is 11.6 Å². The molecular formula is C24H36N2O2. The van der Waals surface area contributed by atoms with E-state index >= 15 is 0 Å². The van der Waals surface area contributed by atoms with Crippen LogP contribution in [0.25, 0.3) is 0 Å². The number of aliphatic hydroxyl groups excluding tert-OH is 1. The highest BCUT2D eigenvalue weighted by Crippen LogP contribution is 2.67. The van der Waals surface area contributed by atoms with Crippen molar-refractivity contribution in [3.8, 4) is 0 Å². The molecule has 4 nitrogen and oxygen atoms in total. The molecule has 154 valence electrons. The molecule has 4 heteroatoms. The van der Waals surface area contributed by atoms with Gasteiger partial charge in [0.05, 0.1) is 12.5 Å². The van der Waals surface area contributed by atoms with Gasteiger partial charge in [0.25, 0.3) is 0 Å². The van der Waals surface area contributed by atoms with E-state index in [0.29, 0.717) is 29.5 Å². The molecule has 0 aromatic carbocycles. The molecule has 0 bridgehead atoms. The van der Waals surface area contributed by atoms with Crippen LogP contribution in [0.1, 0.15) is 77.5 Å².